The van der Waals surface area contributed by atoms with E-state index in [0.29, 0.717) is 71.0 Å². The summed E-state index contributed by atoms with van der Waals surface area (Å²) in [6.07, 6.45) is 3.41. The van der Waals surface area contributed by atoms with Gasteiger partial charge in [0.1, 0.15) is 31.3 Å². The van der Waals surface area contributed by atoms with Gasteiger partial charge in [0.05, 0.1) is 33.5 Å². The van der Waals surface area contributed by atoms with Crippen molar-refractivity contribution >= 4 is 35.0 Å². The lowest BCUT2D eigenvalue weighted by Gasteiger charge is -2.37. The van der Waals surface area contributed by atoms with Gasteiger partial charge in [0.15, 0.2) is 17.6 Å². The second-order valence-electron chi connectivity index (χ2n) is 13.7. The Morgan fingerprint density at radius 3 is 2.29 bits per heavy atom. The third-order valence-corrected chi connectivity index (χ3v) is 10.8. The van der Waals surface area contributed by atoms with Crippen molar-refractivity contribution in [2.45, 2.75) is 38.1 Å². The van der Waals surface area contributed by atoms with E-state index in [1.807, 2.05) is 78.9 Å². The number of rotatable bonds is 10. The number of halogens is 2. The third-order valence-electron chi connectivity index (χ3n) is 10.0. The molecule has 0 saturated heterocycles. The van der Waals surface area contributed by atoms with E-state index in [1.165, 1.54) is 12.5 Å². The molecule has 5 aromatic carbocycles. The summed E-state index contributed by atoms with van der Waals surface area (Å²) in [4.78, 5) is 29.2. The van der Waals surface area contributed by atoms with Crippen molar-refractivity contribution in [1.29, 1.82) is 5.26 Å². The highest BCUT2D eigenvalue weighted by molar-refractivity contribution is 6.42. The number of hydrogen-bond acceptors (Lipinski definition) is 7. The minimum absolute atomic E-state index is 0.209. The fourth-order valence-corrected chi connectivity index (χ4v) is 7.26. The maximum atomic E-state index is 13.8. The number of nitriles is 1. The highest BCUT2D eigenvalue weighted by Gasteiger charge is 2.37. The number of hydrogen-bond donors (Lipinski definition) is 1. The average Bonchev–Trinajstić information content (AvgIpc) is 3.78. The second-order valence-corrected chi connectivity index (χ2v) is 14.5. The van der Waals surface area contributed by atoms with E-state index in [-0.39, 0.29) is 24.5 Å². The summed E-state index contributed by atoms with van der Waals surface area (Å²) in [6.45, 7) is 1.26. The lowest BCUT2D eigenvalue weighted by molar-refractivity contribution is -0.126. The molecule has 9 nitrogen and oxygen atoms in total. The molecule has 2 amide bonds. The van der Waals surface area contributed by atoms with Crippen LogP contribution in [0.1, 0.15) is 49.8 Å². The Hall–Kier alpha value is -6.21. The zero-order valence-electron chi connectivity index (χ0n) is 30.0. The molecule has 280 valence electrons. The van der Waals surface area contributed by atoms with Gasteiger partial charge in [0, 0.05) is 19.5 Å². The third kappa shape index (κ3) is 8.08. The van der Waals surface area contributed by atoms with Gasteiger partial charge in [-0.2, -0.15) is 5.26 Å². The van der Waals surface area contributed by atoms with Gasteiger partial charge >= 0.3 is 0 Å². The number of carbonyl (C=O) groups is 2. The van der Waals surface area contributed by atoms with E-state index >= 15 is 0 Å². The van der Waals surface area contributed by atoms with Gasteiger partial charge in [0.2, 0.25) is 5.91 Å². The molecule has 0 fully saturated rings. The molecule has 1 N–H and O–H groups in total. The summed E-state index contributed by atoms with van der Waals surface area (Å²) in [5.41, 5.74) is 7.75. The number of nitrogens with one attached hydrogen (secondary N) is 1. The Morgan fingerprint density at radius 2 is 1.57 bits per heavy atom. The van der Waals surface area contributed by atoms with Crippen LogP contribution in [0.15, 0.2) is 126 Å². The Morgan fingerprint density at radius 1 is 0.839 bits per heavy atom. The second kappa shape index (κ2) is 16.3. The van der Waals surface area contributed by atoms with Crippen LogP contribution in [0.25, 0.3) is 11.1 Å². The Kier molecular flexibility index (Phi) is 10.7. The maximum Gasteiger partial charge on any atom is 0.258 e. The predicted molar refractivity (Wildman–Crippen MR) is 212 cm³/mol. The topological polar surface area (TPSA) is 114 Å². The van der Waals surface area contributed by atoms with Crippen LogP contribution >= 0.6 is 23.2 Å². The molecule has 0 radical (unpaired) electrons. The molecule has 0 aliphatic carbocycles. The summed E-state index contributed by atoms with van der Waals surface area (Å²) in [6, 6.07) is 35.5. The number of benzene rings is 5. The van der Waals surface area contributed by atoms with Crippen LogP contribution in [0.4, 0.5) is 0 Å². The van der Waals surface area contributed by atoms with Crippen molar-refractivity contribution in [3.8, 4) is 34.4 Å². The molecule has 56 heavy (non-hydrogen) atoms. The molecule has 0 saturated carbocycles. The van der Waals surface area contributed by atoms with Crippen molar-refractivity contribution in [2.75, 3.05) is 13.2 Å². The van der Waals surface area contributed by atoms with E-state index in [4.69, 9.17) is 47.1 Å². The Balaban J connectivity index is 0.924. The highest BCUT2D eigenvalue weighted by Crippen LogP contribution is 2.41. The van der Waals surface area contributed by atoms with E-state index in [1.54, 1.807) is 35.2 Å². The monoisotopic (exact) mass is 783 g/mol. The Bertz CT molecular complexity index is 2410. The molecule has 2 unspecified atom stereocenters. The standard InChI is InChI=1S/C45H35Cl2N3O6/c46-38-14-5-30(19-39(38)47)25-54-37-12-10-33(11-13-37)43-27-55-41-21-35-20-40(50(24-36(35)22-42(41)56-43)45(52)34-16-18-53-26-34)44(51)49-17-15-28-1-6-31(7-2-28)32-8-3-29(23-48)4-9-32/h1-14,16,18-19,21-22,26,40,43H,15,17,20,24-25,27H2,(H,49,51). The van der Waals surface area contributed by atoms with E-state index < -0.39 is 6.04 Å². The first-order valence-corrected chi connectivity index (χ1v) is 18.9. The lowest BCUT2D eigenvalue weighted by Crippen LogP contribution is -2.52. The number of ether oxygens (including phenoxy) is 3. The zero-order valence-corrected chi connectivity index (χ0v) is 31.6. The number of nitrogens with zero attached hydrogens (tertiary/aromatic N) is 2. The fourth-order valence-electron chi connectivity index (χ4n) is 6.94. The van der Waals surface area contributed by atoms with Crippen LogP contribution in [-0.4, -0.2) is 35.9 Å². The normalized spacial score (nSPS) is 15.7. The van der Waals surface area contributed by atoms with Crippen LogP contribution in [0.5, 0.6) is 17.2 Å². The summed E-state index contributed by atoms with van der Waals surface area (Å²) >= 11 is 12.2. The van der Waals surface area contributed by atoms with E-state index in [0.717, 1.165) is 38.9 Å². The quantitative estimate of drug-likeness (QED) is 0.147. The van der Waals surface area contributed by atoms with Crippen molar-refractivity contribution in [1.82, 2.24) is 10.2 Å². The van der Waals surface area contributed by atoms with Crippen LogP contribution in [0.2, 0.25) is 10.0 Å². The number of furan rings is 1. The molecule has 1 aromatic heterocycles. The van der Waals surface area contributed by atoms with Gasteiger partial charge in [-0.3, -0.25) is 9.59 Å². The van der Waals surface area contributed by atoms with Gasteiger partial charge < -0.3 is 28.8 Å². The molecule has 2 aliphatic heterocycles. The van der Waals surface area contributed by atoms with E-state index in [9.17, 15) is 9.59 Å². The Labute approximate surface area is 333 Å². The molecule has 2 atom stereocenters. The average molecular weight is 785 g/mol. The molecular weight excluding hydrogens is 749 g/mol. The molecule has 6 aromatic rings. The highest BCUT2D eigenvalue weighted by atomic mass is 35.5. The zero-order chi connectivity index (χ0) is 38.6. The largest absolute Gasteiger partial charge is 0.489 e. The molecule has 3 heterocycles. The van der Waals surface area contributed by atoms with Crippen molar-refractivity contribution in [3.05, 3.63) is 171 Å². The summed E-state index contributed by atoms with van der Waals surface area (Å²) in [5, 5.41) is 13.1. The smallest absolute Gasteiger partial charge is 0.258 e. The molecule has 11 heteroatoms. The molecular formula is C45H35Cl2N3O6. The maximum absolute atomic E-state index is 13.8. The lowest BCUT2D eigenvalue weighted by atomic mass is 9.92. The first-order valence-electron chi connectivity index (χ1n) is 18.1. The molecule has 0 spiro atoms. The molecule has 0 bridgehead atoms. The molecule has 2 aliphatic rings. The van der Waals surface area contributed by atoms with Crippen molar-refractivity contribution < 1.29 is 28.2 Å². The molecule has 8 rings (SSSR count). The summed E-state index contributed by atoms with van der Waals surface area (Å²) in [5.74, 6) is 1.34. The number of carbonyl (C=O) groups excluding carboxylic acids is 2. The summed E-state index contributed by atoms with van der Waals surface area (Å²) in [7, 11) is 0. The van der Waals surface area contributed by atoms with Gasteiger partial charge in [-0.1, -0.05) is 77.8 Å². The minimum atomic E-state index is -0.739. The van der Waals surface area contributed by atoms with Crippen LogP contribution < -0.4 is 19.5 Å². The van der Waals surface area contributed by atoms with Gasteiger partial charge in [-0.25, -0.2) is 0 Å². The SMILES string of the molecule is N#Cc1ccc(-c2ccc(CCNC(=O)C3Cc4cc5c(cc4CN3C(=O)c3ccoc3)OC(c3ccc(OCc4ccc(Cl)c(Cl)c4)cc3)CO5)cc2)cc1. The first kappa shape index (κ1) is 36.8. The van der Waals surface area contributed by atoms with Crippen LogP contribution in [0, 0.1) is 11.3 Å². The van der Waals surface area contributed by atoms with Crippen molar-refractivity contribution in [2.24, 2.45) is 0 Å². The van der Waals surface area contributed by atoms with Gasteiger partial charge in [-0.15, -0.1) is 0 Å². The van der Waals surface area contributed by atoms with Crippen LogP contribution in [-0.2, 0) is 30.8 Å². The predicted octanol–water partition coefficient (Wildman–Crippen LogP) is 9.14. The number of amides is 2. The van der Waals surface area contributed by atoms with Gasteiger partial charge in [-0.05, 0) is 100.0 Å². The van der Waals surface area contributed by atoms with Gasteiger partial charge in [0.25, 0.3) is 5.91 Å². The first-order chi connectivity index (χ1) is 27.3. The summed E-state index contributed by atoms with van der Waals surface area (Å²) < 4.78 is 23.8. The van der Waals surface area contributed by atoms with Crippen molar-refractivity contribution in [3.63, 3.8) is 0 Å². The van der Waals surface area contributed by atoms with Crippen LogP contribution in [0.3, 0.4) is 0 Å². The number of fused-ring (bicyclic) bond motifs is 2. The van der Waals surface area contributed by atoms with E-state index in [2.05, 4.69) is 11.4 Å². The fraction of sp³-hybridized carbons (Fsp3) is 0.178. The minimum Gasteiger partial charge on any atom is -0.489 e.